The molecule has 1 fully saturated rings. The molecule has 0 aromatic heterocycles. The fourth-order valence-corrected chi connectivity index (χ4v) is 5.78. The van der Waals surface area contributed by atoms with Gasteiger partial charge >= 0.3 is 0 Å². The van der Waals surface area contributed by atoms with E-state index in [1.807, 2.05) is 0 Å². The van der Waals surface area contributed by atoms with E-state index in [0.29, 0.717) is 0 Å². The van der Waals surface area contributed by atoms with Gasteiger partial charge in [0.2, 0.25) is 0 Å². The zero-order chi connectivity index (χ0) is 23.1. The van der Waals surface area contributed by atoms with Crippen molar-refractivity contribution in [3.63, 3.8) is 0 Å². The summed E-state index contributed by atoms with van der Waals surface area (Å²) in [6.45, 7) is 5.42. The third kappa shape index (κ3) is 9.34. The summed E-state index contributed by atoms with van der Waals surface area (Å²) in [7, 11) is 0. The Hall–Kier alpha value is -1.50. The predicted molar refractivity (Wildman–Crippen MR) is 145 cm³/mol. The number of ether oxygens (including phenoxy) is 1. The van der Waals surface area contributed by atoms with E-state index in [-0.39, 0.29) is 0 Å². The van der Waals surface area contributed by atoms with Crippen LogP contribution in [-0.4, -0.2) is 6.61 Å². The first-order valence-electron chi connectivity index (χ1n) is 14.4. The Morgan fingerprint density at radius 3 is 2.09 bits per heavy atom. The van der Waals surface area contributed by atoms with Gasteiger partial charge < -0.3 is 4.74 Å². The molecule has 0 bridgehead atoms. The van der Waals surface area contributed by atoms with E-state index >= 15 is 0 Å². The summed E-state index contributed by atoms with van der Waals surface area (Å²) in [6, 6.07) is 8.76. The molecule has 0 heterocycles. The highest BCUT2D eigenvalue weighted by molar-refractivity contribution is 5.75. The summed E-state index contributed by atoms with van der Waals surface area (Å²) >= 11 is 0. The summed E-state index contributed by atoms with van der Waals surface area (Å²) in [6.07, 6.45) is 29.5. The maximum atomic E-state index is 5.96. The topological polar surface area (TPSA) is 9.23 Å². The molecule has 2 aliphatic carbocycles. The van der Waals surface area contributed by atoms with Crippen molar-refractivity contribution in [1.82, 2.24) is 0 Å². The number of benzene rings is 1. The SMILES string of the molecule is CCCCCCCCOc1ccc(C2=CCC([C@H]3CC[C@H](CCCCCC)CC3)C=C2)cc1. The summed E-state index contributed by atoms with van der Waals surface area (Å²) in [5, 5.41) is 0. The standard InChI is InChI=1S/C32H50O/c1-3-5-7-9-10-12-26-33-32-24-22-31(23-25-32)30-20-18-29(19-21-30)28-16-14-27(15-17-28)13-11-8-6-4-2/h18,20-25,27-29H,3-17,19,26H2,1-2H3/t27-,28-,29?. The van der Waals surface area contributed by atoms with Crippen molar-refractivity contribution in [3.05, 3.63) is 48.1 Å². The van der Waals surface area contributed by atoms with Crippen LogP contribution < -0.4 is 4.74 Å². The summed E-state index contributed by atoms with van der Waals surface area (Å²) in [5.74, 6) is 3.69. The summed E-state index contributed by atoms with van der Waals surface area (Å²) < 4.78 is 5.96. The lowest BCUT2D eigenvalue weighted by Crippen LogP contribution is -2.21. The molecule has 1 unspecified atom stereocenters. The number of hydrogen-bond donors (Lipinski definition) is 0. The lowest BCUT2D eigenvalue weighted by Gasteiger charge is -2.33. The largest absolute Gasteiger partial charge is 0.494 e. The number of rotatable bonds is 15. The maximum Gasteiger partial charge on any atom is 0.119 e. The molecule has 184 valence electrons. The Bertz CT molecular complexity index is 690. The second kappa shape index (κ2) is 15.4. The van der Waals surface area contributed by atoms with Crippen LogP contribution >= 0.6 is 0 Å². The Balaban J connectivity index is 1.34. The molecule has 0 amide bonds. The fourth-order valence-electron chi connectivity index (χ4n) is 5.78. The van der Waals surface area contributed by atoms with Crippen LogP contribution in [0, 0.1) is 17.8 Å². The average molecular weight is 451 g/mol. The molecule has 0 saturated heterocycles. The van der Waals surface area contributed by atoms with Crippen LogP contribution in [0.4, 0.5) is 0 Å². The van der Waals surface area contributed by atoms with Gasteiger partial charge in [-0.1, -0.05) is 121 Å². The fraction of sp³-hybridized carbons (Fsp3) is 0.688. The van der Waals surface area contributed by atoms with Crippen LogP contribution in [0.15, 0.2) is 42.5 Å². The Morgan fingerprint density at radius 1 is 0.758 bits per heavy atom. The third-order valence-corrected chi connectivity index (χ3v) is 8.05. The van der Waals surface area contributed by atoms with Gasteiger partial charge in [0.1, 0.15) is 5.75 Å². The molecule has 1 saturated carbocycles. The second-order valence-corrected chi connectivity index (χ2v) is 10.7. The summed E-state index contributed by atoms with van der Waals surface area (Å²) in [5.41, 5.74) is 2.71. The van der Waals surface area contributed by atoms with Crippen molar-refractivity contribution in [2.24, 2.45) is 17.8 Å². The van der Waals surface area contributed by atoms with Crippen LogP contribution in [0.25, 0.3) is 5.57 Å². The molecular weight excluding hydrogens is 400 g/mol. The van der Waals surface area contributed by atoms with E-state index in [4.69, 9.17) is 4.74 Å². The summed E-state index contributed by atoms with van der Waals surface area (Å²) in [4.78, 5) is 0. The minimum absolute atomic E-state index is 0.759. The van der Waals surface area contributed by atoms with Crippen molar-refractivity contribution >= 4 is 5.57 Å². The van der Waals surface area contributed by atoms with Crippen LogP contribution in [0.5, 0.6) is 5.75 Å². The lowest BCUT2D eigenvalue weighted by molar-refractivity contribution is 0.218. The Morgan fingerprint density at radius 2 is 1.42 bits per heavy atom. The molecule has 3 rings (SSSR count). The second-order valence-electron chi connectivity index (χ2n) is 10.7. The van der Waals surface area contributed by atoms with Gasteiger partial charge in [0, 0.05) is 0 Å². The maximum absolute atomic E-state index is 5.96. The molecule has 1 nitrogen and oxygen atoms in total. The van der Waals surface area contributed by atoms with E-state index in [1.54, 1.807) is 0 Å². The number of allylic oxidation sites excluding steroid dienone is 4. The van der Waals surface area contributed by atoms with Crippen LogP contribution in [0.3, 0.4) is 0 Å². The molecule has 1 aromatic carbocycles. The van der Waals surface area contributed by atoms with Crippen molar-refractivity contribution in [1.29, 1.82) is 0 Å². The Kier molecular flexibility index (Phi) is 12.2. The van der Waals surface area contributed by atoms with E-state index in [1.165, 1.54) is 114 Å². The highest BCUT2D eigenvalue weighted by atomic mass is 16.5. The average Bonchev–Trinajstić information content (AvgIpc) is 2.87. The van der Waals surface area contributed by atoms with Gasteiger partial charge in [-0.2, -0.15) is 0 Å². The normalized spacial score (nSPS) is 22.8. The molecule has 1 atom stereocenters. The first kappa shape index (κ1) is 26.1. The van der Waals surface area contributed by atoms with Gasteiger partial charge in [0.15, 0.2) is 0 Å². The highest BCUT2D eigenvalue weighted by Gasteiger charge is 2.26. The van der Waals surface area contributed by atoms with Gasteiger partial charge in [-0.3, -0.25) is 0 Å². The van der Waals surface area contributed by atoms with Crippen LogP contribution in [0.1, 0.15) is 122 Å². The monoisotopic (exact) mass is 450 g/mol. The van der Waals surface area contributed by atoms with Crippen molar-refractivity contribution in [2.45, 2.75) is 117 Å². The smallest absolute Gasteiger partial charge is 0.119 e. The molecule has 0 N–H and O–H groups in total. The highest BCUT2D eigenvalue weighted by Crippen LogP contribution is 2.39. The van der Waals surface area contributed by atoms with Gasteiger partial charge in [-0.05, 0) is 66.7 Å². The van der Waals surface area contributed by atoms with Gasteiger partial charge in [-0.15, -0.1) is 0 Å². The van der Waals surface area contributed by atoms with Gasteiger partial charge in [0.25, 0.3) is 0 Å². The van der Waals surface area contributed by atoms with Gasteiger partial charge in [0.05, 0.1) is 6.61 Å². The van der Waals surface area contributed by atoms with Crippen LogP contribution in [0.2, 0.25) is 0 Å². The molecule has 33 heavy (non-hydrogen) atoms. The van der Waals surface area contributed by atoms with E-state index in [0.717, 1.165) is 30.1 Å². The van der Waals surface area contributed by atoms with E-state index in [9.17, 15) is 0 Å². The number of hydrogen-bond acceptors (Lipinski definition) is 1. The predicted octanol–water partition coefficient (Wildman–Crippen LogP) is 10.2. The van der Waals surface area contributed by atoms with Crippen LogP contribution in [-0.2, 0) is 0 Å². The molecule has 0 spiro atoms. The van der Waals surface area contributed by atoms with E-state index < -0.39 is 0 Å². The third-order valence-electron chi connectivity index (χ3n) is 8.05. The molecule has 0 radical (unpaired) electrons. The molecular formula is C32H50O. The molecule has 1 heteroatoms. The Labute approximate surface area is 205 Å². The minimum Gasteiger partial charge on any atom is -0.494 e. The molecule has 2 aliphatic rings. The minimum atomic E-state index is 0.759. The van der Waals surface area contributed by atoms with E-state index in [2.05, 4.69) is 56.3 Å². The van der Waals surface area contributed by atoms with Crippen molar-refractivity contribution in [2.75, 3.05) is 6.61 Å². The van der Waals surface area contributed by atoms with Crippen molar-refractivity contribution in [3.8, 4) is 5.75 Å². The molecule has 0 aliphatic heterocycles. The first-order valence-corrected chi connectivity index (χ1v) is 14.4. The zero-order valence-electron chi connectivity index (χ0n) is 21.7. The van der Waals surface area contributed by atoms with Gasteiger partial charge in [-0.25, -0.2) is 0 Å². The lowest BCUT2D eigenvalue weighted by atomic mass is 9.72. The molecule has 1 aromatic rings. The number of unbranched alkanes of at least 4 members (excludes halogenated alkanes) is 8. The quantitative estimate of drug-likeness (QED) is 0.241. The first-order chi connectivity index (χ1) is 16.3. The van der Waals surface area contributed by atoms with Crippen molar-refractivity contribution < 1.29 is 4.74 Å². The zero-order valence-corrected chi connectivity index (χ0v) is 21.7.